The number of anilines is 3. The van der Waals surface area contributed by atoms with Crippen molar-refractivity contribution in [3.05, 3.63) is 118 Å². The second kappa shape index (κ2) is 26.6. The highest BCUT2D eigenvalue weighted by Gasteiger charge is 2.26. The van der Waals surface area contributed by atoms with Gasteiger partial charge in [0.1, 0.15) is 22.9 Å². The highest BCUT2D eigenvalue weighted by molar-refractivity contribution is 7.99. The summed E-state index contributed by atoms with van der Waals surface area (Å²) in [4.78, 5) is 26.8. The molecule has 9 nitrogen and oxygen atoms in total. The molecule has 3 aromatic rings. The molecule has 0 radical (unpaired) electrons. The number of rotatable bonds is 17. The number of benzene rings is 3. The molecule has 0 bridgehead atoms. The number of carbonyl (C=O) groups is 1. The van der Waals surface area contributed by atoms with Crippen LogP contribution in [0.25, 0.3) is 6.08 Å². The number of hydrogen-bond acceptors (Lipinski definition) is 8. The molecule has 1 unspecified atom stereocenters. The lowest BCUT2D eigenvalue weighted by atomic mass is 9.93. The van der Waals surface area contributed by atoms with Crippen LogP contribution in [-0.2, 0) is 11.2 Å². The Morgan fingerprint density at radius 2 is 1.82 bits per heavy atom. The number of nitrogens with two attached hydrogens (primary N) is 1. The molecular weight excluding hydrogens is 766 g/mol. The van der Waals surface area contributed by atoms with Gasteiger partial charge in [-0.25, -0.2) is 8.78 Å². The molecule has 310 valence electrons. The number of aliphatic hydroxyl groups is 1. The van der Waals surface area contributed by atoms with Crippen LogP contribution in [0.3, 0.4) is 0 Å². The number of amides is 1. The molecule has 13 heteroatoms. The van der Waals surface area contributed by atoms with Gasteiger partial charge < -0.3 is 25.8 Å². The molecule has 1 atom stereocenters. The van der Waals surface area contributed by atoms with E-state index in [-0.39, 0.29) is 34.5 Å². The first-order chi connectivity index (χ1) is 27.6. The predicted octanol–water partition coefficient (Wildman–Crippen LogP) is 9.78. The molecule has 57 heavy (non-hydrogen) atoms. The normalized spacial score (nSPS) is 14.2. The molecule has 1 aliphatic heterocycles. The van der Waals surface area contributed by atoms with Crippen LogP contribution in [0.15, 0.2) is 95.1 Å². The van der Waals surface area contributed by atoms with Crippen molar-refractivity contribution in [2.75, 3.05) is 69.1 Å². The van der Waals surface area contributed by atoms with E-state index in [2.05, 4.69) is 40.3 Å². The first-order valence-corrected chi connectivity index (χ1v) is 20.7. The van der Waals surface area contributed by atoms with E-state index in [0.717, 1.165) is 56.7 Å². The summed E-state index contributed by atoms with van der Waals surface area (Å²) in [6, 6.07) is 14.8. The van der Waals surface area contributed by atoms with Crippen molar-refractivity contribution < 1.29 is 23.4 Å². The van der Waals surface area contributed by atoms with Gasteiger partial charge in [0, 0.05) is 59.9 Å². The number of carbonyl (C=O) groups excluding carboxylic acids is 1. The molecule has 1 saturated heterocycles. The number of piperidine rings is 1. The minimum atomic E-state index is -0.626. The number of aliphatic imine (C=N–C) groups is 2. The zero-order valence-corrected chi connectivity index (χ0v) is 35.7. The van der Waals surface area contributed by atoms with Crippen LogP contribution in [-0.4, -0.2) is 87.1 Å². The van der Waals surface area contributed by atoms with E-state index >= 15 is 0 Å². The average Bonchev–Trinajstić information content (AvgIpc) is 3.24. The molecule has 4 rings (SSSR count). The molecule has 3 aromatic carbocycles. The smallest absolute Gasteiger partial charge is 0.255 e. The summed E-state index contributed by atoms with van der Waals surface area (Å²) < 4.78 is 34.6. The molecular formula is C44H59ClF2N6O3S. The van der Waals surface area contributed by atoms with Gasteiger partial charge in [0.2, 0.25) is 0 Å². The van der Waals surface area contributed by atoms with Gasteiger partial charge in [0.05, 0.1) is 18.8 Å². The molecule has 0 aromatic heterocycles. The Kier molecular flexibility index (Phi) is 22.7. The number of halogens is 3. The maximum atomic E-state index is 14.3. The predicted molar refractivity (Wildman–Crippen MR) is 240 cm³/mol. The van der Waals surface area contributed by atoms with Crippen molar-refractivity contribution in [2.24, 2.45) is 15.9 Å². The fourth-order valence-electron chi connectivity index (χ4n) is 6.06. The number of nitrogens with one attached hydrogen (secondary N) is 1. The summed E-state index contributed by atoms with van der Waals surface area (Å²) in [6.45, 7) is 17.1. The number of aliphatic hydroxyl groups excluding tert-OH is 1. The number of allylic oxidation sites excluding steroid dienone is 4. The highest BCUT2D eigenvalue weighted by Crippen LogP contribution is 2.28. The van der Waals surface area contributed by atoms with E-state index in [1.165, 1.54) is 18.2 Å². The summed E-state index contributed by atoms with van der Waals surface area (Å²) >= 11 is 7.52. The van der Waals surface area contributed by atoms with E-state index in [1.54, 1.807) is 49.1 Å². The van der Waals surface area contributed by atoms with Crippen molar-refractivity contribution in [1.82, 2.24) is 4.90 Å². The largest absolute Gasteiger partial charge is 0.400 e. The van der Waals surface area contributed by atoms with Crippen LogP contribution in [0.5, 0.6) is 0 Å². The maximum absolute atomic E-state index is 14.3. The zero-order chi connectivity index (χ0) is 42.3. The molecule has 4 N–H and O–H groups in total. The minimum Gasteiger partial charge on any atom is -0.400 e. The lowest BCUT2D eigenvalue weighted by Gasteiger charge is -2.36. The third-order valence-corrected chi connectivity index (χ3v) is 10.1. The summed E-state index contributed by atoms with van der Waals surface area (Å²) in [6.07, 6.45) is 12.4. The monoisotopic (exact) mass is 824 g/mol. The minimum absolute atomic E-state index is 0.0174. The maximum Gasteiger partial charge on any atom is 0.255 e. The highest BCUT2D eigenvalue weighted by atomic mass is 35.5. The zero-order valence-electron chi connectivity index (χ0n) is 34.1. The Labute approximate surface area is 347 Å². The van der Waals surface area contributed by atoms with Gasteiger partial charge in [0.25, 0.3) is 5.91 Å². The van der Waals surface area contributed by atoms with Gasteiger partial charge in [-0.3, -0.25) is 19.7 Å². The van der Waals surface area contributed by atoms with Gasteiger partial charge in [-0.2, -0.15) is 0 Å². The van der Waals surface area contributed by atoms with Gasteiger partial charge in [-0.1, -0.05) is 63.2 Å². The topological polar surface area (TPSA) is 116 Å². The Hall–Kier alpha value is -4.33. The van der Waals surface area contributed by atoms with Crippen molar-refractivity contribution in [3.8, 4) is 0 Å². The first kappa shape index (κ1) is 48.8. The van der Waals surface area contributed by atoms with Crippen molar-refractivity contribution >= 4 is 65.0 Å². The van der Waals surface area contributed by atoms with E-state index in [1.807, 2.05) is 50.5 Å². The second-order valence-corrected chi connectivity index (χ2v) is 14.1. The van der Waals surface area contributed by atoms with Crippen molar-refractivity contribution in [2.45, 2.75) is 51.9 Å². The number of thioether (sulfide) groups is 1. The van der Waals surface area contributed by atoms with Gasteiger partial charge in [-0.15, -0.1) is 11.8 Å². The standard InChI is InChI=1S/C41H49ClF2N6O2S.C2H6.CH4O/c1-6-22-52-39(53-5)27-50(34-16-13-31(14-17-34)41(51)48-33-23-28(7-2)40(45)36(44)25-33)38(47-4)26-49-20-18-30(19-21-49)37(46-3)11-9-8-10-29-12-15-32(42)24-35(29)43;2*1-2/h7-9,11-17,23-25,30,39H,2-3,6,10,18-22,26-27,45H2,1,4-5H3,(H,48,51);1-2H3;2H,1H3/b9-8-,37-11-,47-38?;;. The molecule has 0 saturated carbocycles. The van der Waals surface area contributed by atoms with Crippen LogP contribution in [0.4, 0.5) is 25.8 Å². The molecule has 1 heterocycles. The fraction of sp³-hybridized carbons (Fsp3) is 0.386. The number of amidine groups is 1. The van der Waals surface area contributed by atoms with E-state index in [9.17, 15) is 13.6 Å². The van der Waals surface area contributed by atoms with E-state index in [4.69, 9.17) is 32.2 Å². The number of hydrogen-bond donors (Lipinski definition) is 3. The number of nitrogens with zero attached hydrogens (tertiary/aromatic N) is 4. The van der Waals surface area contributed by atoms with Crippen LogP contribution < -0.4 is 16.0 Å². The second-order valence-electron chi connectivity index (χ2n) is 12.6. The number of nitrogen functional groups attached to an aromatic ring is 1. The van der Waals surface area contributed by atoms with Crippen LogP contribution in [0.1, 0.15) is 61.5 Å². The third kappa shape index (κ3) is 15.2. The molecule has 0 aliphatic carbocycles. The summed E-state index contributed by atoms with van der Waals surface area (Å²) in [7, 11) is 2.80. The first-order valence-electron chi connectivity index (χ1n) is 19.1. The fourth-order valence-corrected chi connectivity index (χ4v) is 6.75. The molecule has 1 amide bonds. The Balaban J connectivity index is 0.00000271. The number of ether oxygens (including phenoxy) is 1. The lowest BCUT2D eigenvalue weighted by Crippen LogP contribution is -2.46. The molecule has 1 fully saturated rings. The SMILES string of the molecule is C=Cc1cc(NC(=O)c2ccc(N(CC(OCCC)SC)C(CN3CCC(/C(=C/C=C\Cc4ccc(Cl)cc4F)N=C)CC3)=NC)cc2)cc(F)c1N.CC.CO. The third-order valence-electron chi connectivity index (χ3n) is 9.06. The molecule has 1 aliphatic rings. The summed E-state index contributed by atoms with van der Waals surface area (Å²) in [5, 5.41) is 10.1. The Morgan fingerprint density at radius 1 is 1.14 bits per heavy atom. The van der Waals surface area contributed by atoms with Gasteiger partial charge in [-0.05, 0) is 112 Å². The lowest BCUT2D eigenvalue weighted by molar-refractivity contribution is 0.102. The van der Waals surface area contributed by atoms with Gasteiger partial charge >= 0.3 is 0 Å². The van der Waals surface area contributed by atoms with Crippen LogP contribution in [0.2, 0.25) is 5.02 Å². The van der Waals surface area contributed by atoms with Crippen molar-refractivity contribution in [3.63, 3.8) is 0 Å². The summed E-state index contributed by atoms with van der Waals surface area (Å²) in [5.41, 5.74) is 9.14. The Morgan fingerprint density at radius 3 is 2.40 bits per heavy atom. The van der Waals surface area contributed by atoms with Crippen LogP contribution >= 0.6 is 23.4 Å². The summed E-state index contributed by atoms with van der Waals surface area (Å²) in [5.74, 6) is -0.184. The van der Waals surface area contributed by atoms with Crippen LogP contribution in [0, 0.1) is 17.6 Å². The quantitative estimate of drug-likeness (QED) is 0.0408. The average molecular weight is 826 g/mol. The number of likely N-dealkylation sites (tertiary alicyclic amines) is 1. The van der Waals surface area contributed by atoms with Crippen molar-refractivity contribution in [1.29, 1.82) is 0 Å². The molecule has 0 spiro atoms. The Bertz CT molecular complexity index is 1810. The van der Waals surface area contributed by atoms with E-state index in [0.29, 0.717) is 47.8 Å². The van der Waals surface area contributed by atoms with Gasteiger partial charge in [0.15, 0.2) is 0 Å². The van der Waals surface area contributed by atoms with E-state index < -0.39 is 5.82 Å².